The van der Waals surface area contributed by atoms with Gasteiger partial charge in [0.25, 0.3) is 5.91 Å². The molecule has 0 bridgehead atoms. The highest BCUT2D eigenvalue weighted by atomic mass is 16.3. The van der Waals surface area contributed by atoms with Gasteiger partial charge in [-0.05, 0) is 39.0 Å². The summed E-state index contributed by atoms with van der Waals surface area (Å²) in [5.41, 5.74) is 4.82. The summed E-state index contributed by atoms with van der Waals surface area (Å²) in [5.74, 6) is 1.02. The highest BCUT2D eigenvalue weighted by molar-refractivity contribution is 6.13. The molecule has 0 unspecified atom stereocenters. The minimum Gasteiger partial charge on any atom is -0.460 e. The number of aryl methyl sites for hydroxylation is 3. The molecule has 1 aliphatic rings. The van der Waals surface area contributed by atoms with Gasteiger partial charge in [-0.3, -0.25) is 9.78 Å². The van der Waals surface area contributed by atoms with Crippen LogP contribution in [0.5, 0.6) is 0 Å². The van der Waals surface area contributed by atoms with Crippen LogP contribution in [0.15, 0.2) is 34.9 Å². The van der Waals surface area contributed by atoms with Crippen molar-refractivity contribution in [2.24, 2.45) is 0 Å². The van der Waals surface area contributed by atoms with Crippen LogP contribution in [0.1, 0.15) is 27.5 Å². The Kier molecular flexibility index (Phi) is 4.43. The Bertz CT molecular complexity index is 1270. The second-order valence-corrected chi connectivity index (χ2v) is 7.75. The van der Waals surface area contributed by atoms with E-state index in [4.69, 9.17) is 4.42 Å². The van der Waals surface area contributed by atoms with Gasteiger partial charge < -0.3 is 20.0 Å². The smallest absolute Gasteiger partial charge is 0.260 e. The summed E-state index contributed by atoms with van der Waals surface area (Å²) in [6.45, 7) is 9.51. The summed E-state index contributed by atoms with van der Waals surface area (Å²) >= 11 is 0. The second kappa shape index (κ2) is 7.14. The number of nitrogens with one attached hydrogen (secondary N) is 2. The van der Waals surface area contributed by atoms with E-state index >= 15 is 0 Å². The summed E-state index contributed by atoms with van der Waals surface area (Å²) in [7, 11) is 0. The minimum atomic E-state index is -0.244. The topological polar surface area (TPSA) is 87.7 Å². The third kappa shape index (κ3) is 3.19. The number of fused-ring (bicyclic) bond motifs is 2. The average molecular weight is 404 g/mol. The van der Waals surface area contributed by atoms with Crippen LogP contribution in [0, 0.1) is 20.8 Å². The van der Waals surface area contributed by atoms with Crippen molar-refractivity contribution < 1.29 is 9.21 Å². The fourth-order valence-electron chi connectivity index (χ4n) is 4.13. The Balaban J connectivity index is 1.50. The van der Waals surface area contributed by atoms with Crippen LogP contribution in [-0.2, 0) is 0 Å². The monoisotopic (exact) mass is 404 g/mol. The maximum atomic E-state index is 13.1. The molecule has 3 aromatic heterocycles. The number of aromatic nitrogens is 3. The number of hydrogen-bond acceptors (Lipinski definition) is 6. The van der Waals surface area contributed by atoms with Crippen molar-refractivity contribution in [2.75, 3.05) is 36.4 Å². The number of furan rings is 1. The molecule has 1 fully saturated rings. The molecule has 154 valence electrons. The number of piperazine rings is 1. The SMILES string of the molecule is Cc1cn2nc(NC(=O)c3ccc(N4CCNCC4)c4cc(C)oc34)cc2c(C)n1. The van der Waals surface area contributed by atoms with Crippen LogP contribution in [-0.4, -0.2) is 46.7 Å². The summed E-state index contributed by atoms with van der Waals surface area (Å²) < 4.78 is 7.69. The highest BCUT2D eigenvalue weighted by Gasteiger charge is 2.21. The molecule has 1 aliphatic heterocycles. The average Bonchev–Trinajstić information content (AvgIpc) is 3.30. The predicted molar refractivity (Wildman–Crippen MR) is 116 cm³/mol. The second-order valence-electron chi connectivity index (χ2n) is 7.75. The van der Waals surface area contributed by atoms with Crippen molar-refractivity contribution >= 4 is 33.9 Å². The molecule has 8 heteroatoms. The van der Waals surface area contributed by atoms with E-state index in [2.05, 4.69) is 25.6 Å². The van der Waals surface area contributed by atoms with Gasteiger partial charge in [-0.25, -0.2) is 4.52 Å². The molecule has 0 spiro atoms. The summed E-state index contributed by atoms with van der Waals surface area (Å²) in [6.07, 6.45) is 1.84. The number of carbonyl (C=O) groups excluding carboxylic acids is 1. The lowest BCUT2D eigenvalue weighted by Crippen LogP contribution is -2.43. The van der Waals surface area contributed by atoms with Crippen LogP contribution in [0.4, 0.5) is 11.5 Å². The van der Waals surface area contributed by atoms with Gasteiger partial charge in [0.05, 0.1) is 28.7 Å². The van der Waals surface area contributed by atoms with Crippen molar-refractivity contribution in [1.82, 2.24) is 19.9 Å². The molecule has 1 aromatic carbocycles. The fraction of sp³-hybridized carbons (Fsp3) is 0.318. The molecule has 1 amide bonds. The van der Waals surface area contributed by atoms with E-state index in [1.54, 1.807) is 4.52 Å². The first-order valence-corrected chi connectivity index (χ1v) is 10.1. The minimum absolute atomic E-state index is 0.244. The van der Waals surface area contributed by atoms with Crippen molar-refractivity contribution in [3.8, 4) is 0 Å². The van der Waals surface area contributed by atoms with E-state index in [9.17, 15) is 4.79 Å². The lowest BCUT2D eigenvalue weighted by Gasteiger charge is -2.30. The van der Waals surface area contributed by atoms with Gasteiger partial charge in [0.1, 0.15) is 11.3 Å². The number of carbonyl (C=O) groups is 1. The first-order valence-electron chi connectivity index (χ1n) is 10.1. The van der Waals surface area contributed by atoms with E-state index in [1.807, 2.05) is 51.2 Å². The molecule has 30 heavy (non-hydrogen) atoms. The zero-order valence-corrected chi connectivity index (χ0v) is 17.3. The van der Waals surface area contributed by atoms with Crippen LogP contribution >= 0.6 is 0 Å². The van der Waals surface area contributed by atoms with E-state index in [0.29, 0.717) is 17.0 Å². The third-order valence-corrected chi connectivity index (χ3v) is 5.49. The number of rotatable bonds is 3. The number of amides is 1. The van der Waals surface area contributed by atoms with Gasteiger partial charge in [0.2, 0.25) is 0 Å². The molecular weight excluding hydrogens is 380 g/mol. The molecule has 0 atom stereocenters. The van der Waals surface area contributed by atoms with Crippen LogP contribution in [0.25, 0.3) is 16.5 Å². The lowest BCUT2D eigenvalue weighted by atomic mass is 10.1. The first kappa shape index (κ1) is 18.6. The molecule has 1 saturated heterocycles. The quantitative estimate of drug-likeness (QED) is 0.546. The Morgan fingerprint density at radius 2 is 1.97 bits per heavy atom. The van der Waals surface area contributed by atoms with Crippen molar-refractivity contribution in [3.63, 3.8) is 0 Å². The Hall–Kier alpha value is -3.39. The maximum absolute atomic E-state index is 13.1. The molecule has 0 saturated carbocycles. The predicted octanol–water partition coefficient (Wildman–Crippen LogP) is 3.06. The number of anilines is 2. The molecule has 0 aliphatic carbocycles. The molecule has 4 aromatic rings. The Morgan fingerprint density at radius 1 is 1.17 bits per heavy atom. The van der Waals surface area contributed by atoms with Gasteiger partial charge in [-0.2, -0.15) is 0 Å². The number of hydrogen-bond donors (Lipinski definition) is 2. The van der Waals surface area contributed by atoms with Crippen LogP contribution < -0.4 is 15.5 Å². The molecule has 4 heterocycles. The largest absolute Gasteiger partial charge is 0.460 e. The zero-order valence-electron chi connectivity index (χ0n) is 17.3. The molecule has 5 rings (SSSR count). The van der Waals surface area contributed by atoms with Gasteiger partial charge in [-0.15, -0.1) is 5.10 Å². The number of nitrogens with zero attached hydrogens (tertiary/aromatic N) is 4. The van der Waals surface area contributed by atoms with E-state index in [1.165, 1.54) is 0 Å². The van der Waals surface area contributed by atoms with Gasteiger partial charge >= 0.3 is 0 Å². The Labute approximate surface area is 173 Å². The highest BCUT2D eigenvalue weighted by Crippen LogP contribution is 2.33. The summed E-state index contributed by atoms with van der Waals surface area (Å²) in [6, 6.07) is 7.69. The van der Waals surface area contributed by atoms with Crippen LogP contribution in [0.3, 0.4) is 0 Å². The van der Waals surface area contributed by atoms with Crippen molar-refractivity contribution in [2.45, 2.75) is 20.8 Å². The Morgan fingerprint density at radius 3 is 2.77 bits per heavy atom. The molecule has 0 radical (unpaired) electrons. The fourth-order valence-corrected chi connectivity index (χ4v) is 4.13. The number of benzene rings is 1. The van der Waals surface area contributed by atoms with Crippen molar-refractivity contribution in [1.29, 1.82) is 0 Å². The normalized spacial score (nSPS) is 14.6. The molecule has 8 nitrogen and oxygen atoms in total. The summed E-state index contributed by atoms with van der Waals surface area (Å²) in [5, 5.41) is 11.7. The zero-order chi connectivity index (χ0) is 20.8. The van der Waals surface area contributed by atoms with Crippen molar-refractivity contribution in [3.05, 3.63) is 53.2 Å². The lowest BCUT2D eigenvalue weighted by molar-refractivity contribution is 0.102. The van der Waals surface area contributed by atoms with E-state index in [0.717, 1.165) is 59.9 Å². The van der Waals surface area contributed by atoms with E-state index < -0.39 is 0 Å². The first-order chi connectivity index (χ1) is 14.5. The molecule has 2 N–H and O–H groups in total. The van der Waals surface area contributed by atoms with Gasteiger partial charge in [0, 0.05) is 43.3 Å². The van der Waals surface area contributed by atoms with E-state index in [-0.39, 0.29) is 5.91 Å². The van der Waals surface area contributed by atoms with Crippen LogP contribution in [0.2, 0.25) is 0 Å². The standard InChI is InChI=1S/C22H24N6O2/c1-13-12-28-19(15(3)24-13)11-20(26-28)25-22(29)16-4-5-18(27-8-6-23-7-9-27)17-10-14(2)30-21(16)17/h4-5,10-12,23H,6-9H2,1-3H3,(H,25,26,29). The summed E-state index contributed by atoms with van der Waals surface area (Å²) in [4.78, 5) is 19.9. The molecular formula is C22H24N6O2. The van der Waals surface area contributed by atoms with Gasteiger partial charge in [-0.1, -0.05) is 0 Å². The van der Waals surface area contributed by atoms with Gasteiger partial charge in [0.15, 0.2) is 5.82 Å². The third-order valence-electron chi connectivity index (χ3n) is 5.49. The maximum Gasteiger partial charge on any atom is 0.260 e.